The van der Waals surface area contributed by atoms with Gasteiger partial charge >= 0.3 is 0 Å². The Bertz CT molecular complexity index is 1020. The number of benzene rings is 2. The zero-order valence-electron chi connectivity index (χ0n) is 20.3. The number of fused-ring (bicyclic) bond motifs is 1. The van der Waals surface area contributed by atoms with Gasteiger partial charge in [-0.05, 0) is 56.0 Å². The van der Waals surface area contributed by atoms with Crippen molar-refractivity contribution < 1.29 is 19.1 Å². The largest absolute Gasteiger partial charge is 0.369 e. The van der Waals surface area contributed by atoms with Crippen LogP contribution in [0.3, 0.4) is 0 Å². The molecule has 3 amide bonds. The number of nitrogens with one attached hydrogen (secondary N) is 2. The lowest BCUT2D eigenvalue weighted by Gasteiger charge is -2.32. The van der Waals surface area contributed by atoms with Gasteiger partial charge in [-0.15, -0.1) is 0 Å². The van der Waals surface area contributed by atoms with Crippen LogP contribution in [0.15, 0.2) is 42.5 Å². The Kier molecular flexibility index (Phi) is 8.63. The molecule has 0 bridgehead atoms. The number of amides is 3. The number of likely N-dealkylation sites (tertiary alicyclic amines) is 1. The van der Waals surface area contributed by atoms with Crippen LogP contribution < -0.4 is 16.4 Å². The Hall–Kier alpha value is -2.97. The first-order chi connectivity index (χ1) is 16.3. The molecule has 2 aromatic carbocycles. The molecule has 1 aliphatic rings. The molecule has 1 heterocycles. The number of ether oxygens (including phenoxy) is 1. The van der Waals surface area contributed by atoms with Gasteiger partial charge in [0.2, 0.25) is 11.8 Å². The van der Waals surface area contributed by atoms with Crippen molar-refractivity contribution in [2.75, 3.05) is 26.7 Å². The van der Waals surface area contributed by atoms with Gasteiger partial charge in [-0.3, -0.25) is 14.4 Å². The fourth-order valence-electron chi connectivity index (χ4n) is 4.23. The van der Waals surface area contributed by atoms with Crippen LogP contribution in [0.1, 0.15) is 38.7 Å². The fourth-order valence-corrected chi connectivity index (χ4v) is 4.23. The van der Waals surface area contributed by atoms with Crippen LogP contribution in [0.4, 0.5) is 0 Å². The van der Waals surface area contributed by atoms with Crippen molar-refractivity contribution in [3.8, 4) is 0 Å². The number of carbonyl (C=O) groups is 3. The summed E-state index contributed by atoms with van der Waals surface area (Å²) in [6, 6.07) is 12.6. The molecule has 0 saturated carbocycles. The maximum Gasteiger partial charge on any atom is 0.254 e. The van der Waals surface area contributed by atoms with Gasteiger partial charge in [0.15, 0.2) is 0 Å². The van der Waals surface area contributed by atoms with E-state index in [1.54, 1.807) is 18.7 Å². The van der Waals surface area contributed by atoms with E-state index in [-0.39, 0.29) is 17.7 Å². The average Bonchev–Trinajstić information content (AvgIpc) is 3.33. The summed E-state index contributed by atoms with van der Waals surface area (Å²) in [6.45, 7) is 4.78. The Balaban J connectivity index is 1.77. The second kappa shape index (κ2) is 11.4. The summed E-state index contributed by atoms with van der Waals surface area (Å²) in [6.07, 6.45) is 2.27. The van der Waals surface area contributed by atoms with E-state index in [0.29, 0.717) is 38.9 Å². The normalized spacial score (nSPS) is 16.9. The van der Waals surface area contributed by atoms with Crippen LogP contribution in [-0.4, -0.2) is 67.1 Å². The quantitative estimate of drug-likeness (QED) is 0.460. The lowest BCUT2D eigenvalue weighted by molar-refractivity contribution is -0.154. The number of hydrogen-bond donors (Lipinski definition) is 3. The summed E-state index contributed by atoms with van der Waals surface area (Å²) in [4.78, 5) is 40.8. The van der Waals surface area contributed by atoms with Crippen LogP contribution in [0.25, 0.3) is 10.8 Å². The summed E-state index contributed by atoms with van der Waals surface area (Å²) in [5.74, 6) is -0.813. The molecule has 0 radical (unpaired) electrons. The molecule has 4 N–H and O–H groups in total. The molecule has 2 aromatic rings. The molecule has 1 unspecified atom stereocenters. The lowest BCUT2D eigenvalue weighted by atomic mass is 10.0. The van der Waals surface area contributed by atoms with E-state index >= 15 is 0 Å². The standard InChI is InChI=1S/C26H36N4O4/c1-26(2,34-3)25(33)30-15-6-10-22(30)24(32)29-21(23(31)28-14-7-13-27)17-18-11-12-19-8-4-5-9-20(19)16-18/h4-5,8-9,11-12,16,21-22H,6-7,10,13-15,17,27H2,1-3H3,(H,28,31)(H,29,32)/t21?,22-/m0/s1. The highest BCUT2D eigenvalue weighted by molar-refractivity contribution is 5.94. The molecule has 1 aliphatic heterocycles. The molecule has 2 atom stereocenters. The number of carbonyl (C=O) groups excluding carboxylic acids is 3. The molecule has 8 heteroatoms. The second-order valence-corrected chi connectivity index (χ2v) is 9.25. The molecule has 1 saturated heterocycles. The van der Waals surface area contributed by atoms with E-state index in [4.69, 9.17) is 10.5 Å². The maximum absolute atomic E-state index is 13.3. The van der Waals surface area contributed by atoms with Gasteiger partial charge < -0.3 is 26.0 Å². The third-order valence-electron chi connectivity index (χ3n) is 6.41. The predicted octanol–water partition coefficient (Wildman–Crippen LogP) is 1.75. The van der Waals surface area contributed by atoms with Gasteiger partial charge in [0, 0.05) is 26.6 Å². The average molecular weight is 469 g/mol. The molecule has 1 fully saturated rings. The third-order valence-corrected chi connectivity index (χ3v) is 6.41. The summed E-state index contributed by atoms with van der Waals surface area (Å²) in [5, 5.41) is 7.97. The summed E-state index contributed by atoms with van der Waals surface area (Å²) in [5.41, 5.74) is 5.47. The third kappa shape index (κ3) is 6.12. The van der Waals surface area contributed by atoms with Gasteiger partial charge in [0.25, 0.3) is 5.91 Å². The van der Waals surface area contributed by atoms with Crippen molar-refractivity contribution in [1.29, 1.82) is 0 Å². The first-order valence-electron chi connectivity index (χ1n) is 11.9. The van der Waals surface area contributed by atoms with Crippen molar-refractivity contribution in [2.24, 2.45) is 5.73 Å². The molecule has 8 nitrogen and oxygen atoms in total. The highest BCUT2D eigenvalue weighted by atomic mass is 16.5. The van der Waals surface area contributed by atoms with Crippen molar-refractivity contribution in [3.63, 3.8) is 0 Å². The molecule has 0 spiro atoms. The highest BCUT2D eigenvalue weighted by Gasteiger charge is 2.41. The topological polar surface area (TPSA) is 114 Å². The number of nitrogens with two attached hydrogens (primary N) is 1. The van der Waals surface area contributed by atoms with Crippen LogP contribution in [0.2, 0.25) is 0 Å². The zero-order valence-corrected chi connectivity index (χ0v) is 20.3. The first kappa shape index (κ1) is 25.6. The molecule has 34 heavy (non-hydrogen) atoms. The van der Waals surface area contributed by atoms with Crippen molar-refractivity contribution in [3.05, 3.63) is 48.0 Å². The zero-order chi connectivity index (χ0) is 24.7. The smallest absolute Gasteiger partial charge is 0.254 e. The molecular weight excluding hydrogens is 432 g/mol. The first-order valence-corrected chi connectivity index (χ1v) is 11.9. The van der Waals surface area contributed by atoms with Crippen LogP contribution in [0.5, 0.6) is 0 Å². The van der Waals surface area contributed by atoms with Gasteiger partial charge in [-0.1, -0.05) is 42.5 Å². The van der Waals surface area contributed by atoms with Crippen LogP contribution in [-0.2, 0) is 25.5 Å². The Labute approximate surface area is 201 Å². The van der Waals surface area contributed by atoms with Crippen molar-refractivity contribution >= 4 is 28.5 Å². The van der Waals surface area contributed by atoms with E-state index in [1.807, 2.05) is 42.5 Å². The number of nitrogens with zero attached hydrogens (tertiary/aromatic N) is 1. The highest BCUT2D eigenvalue weighted by Crippen LogP contribution is 2.23. The van der Waals surface area contributed by atoms with Crippen LogP contribution in [0, 0.1) is 0 Å². The SMILES string of the molecule is COC(C)(C)C(=O)N1CCC[C@H]1C(=O)NC(Cc1ccc2ccccc2c1)C(=O)NCCCN. The summed E-state index contributed by atoms with van der Waals surface area (Å²) < 4.78 is 5.33. The van der Waals surface area contributed by atoms with Crippen molar-refractivity contribution in [2.45, 2.75) is 57.2 Å². The number of methoxy groups -OCH3 is 1. The Morgan fingerprint density at radius 1 is 1.18 bits per heavy atom. The summed E-state index contributed by atoms with van der Waals surface area (Å²) in [7, 11) is 1.48. The molecule has 0 aliphatic carbocycles. The monoisotopic (exact) mass is 468 g/mol. The van der Waals surface area contributed by atoms with Gasteiger partial charge in [0.05, 0.1) is 0 Å². The number of hydrogen-bond acceptors (Lipinski definition) is 5. The van der Waals surface area contributed by atoms with E-state index in [9.17, 15) is 14.4 Å². The number of rotatable bonds is 10. The minimum Gasteiger partial charge on any atom is -0.369 e. The minimum absolute atomic E-state index is 0.230. The molecular formula is C26H36N4O4. The van der Waals surface area contributed by atoms with Gasteiger partial charge in [-0.25, -0.2) is 0 Å². The molecule has 3 rings (SSSR count). The minimum atomic E-state index is -1.02. The fraction of sp³-hybridized carbons (Fsp3) is 0.500. The van der Waals surface area contributed by atoms with E-state index in [2.05, 4.69) is 10.6 Å². The Morgan fingerprint density at radius 2 is 1.91 bits per heavy atom. The second-order valence-electron chi connectivity index (χ2n) is 9.25. The summed E-state index contributed by atoms with van der Waals surface area (Å²) >= 11 is 0. The maximum atomic E-state index is 13.3. The van der Waals surface area contributed by atoms with E-state index < -0.39 is 17.7 Å². The molecule has 0 aromatic heterocycles. The predicted molar refractivity (Wildman–Crippen MR) is 132 cm³/mol. The van der Waals surface area contributed by atoms with E-state index in [1.165, 1.54) is 7.11 Å². The Morgan fingerprint density at radius 3 is 2.62 bits per heavy atom. The van der Waals surface area contributed by atoms with Crippen molar-refractivity contribution in [1.82, 2.24) is 15.5 Å². The molecule has 184 valence electrons. The van der Waals surface area contributed by atoms with E-state index in [0.717, 1.165) is 22.8 Å². The van der Waals surface area contributed by atoms with Gasteiger partial charge in [-0.2, -0.15) is 0 Å². The van der Waals surface area contributed by atoms with Gasteiger partial charge in [0.1, 0.15) is 17.7 Å². The van der Waals surface area contributed by atoms with Crippen LogP contribution >= 0.6 is 0 Å². The lowest BCUT2D eigenvalue weighted by Crippen LogP contribution is -2.56.